The van der Waals surface area contributed by atoms with Gasteiger partial charge in [-0.05, 0) is 37.1 Å². The van der Waals surface area contributed by atoms with E-state index >= 15 is 0 Å². The predicted molar refractivity (Wildman–Crippen MR) is 74.7 cm³/mol. The van der Waals surface area contributed by atoms with Crippen LogP contribution < -0.4 is 0 Å². The number of carboxylic acid groups (broad SMARTS) is 1. The summed E-state index contributed by atoms with van der Waals surface area (Å²) in [6.45, 7) is 4.08. The Labute approximate surface area is 115 Å². The van der Waals surface area contributed by atoms with Gasteiger partial charge in [0.15, 0.2) is 0 Å². The van der Waals surface area contributed by atoms with Crippen LogP contribution in [-0.4, -0.2) is 21.8 Å². The van der Waals surface area contributed by atoms with Crippen molar-refractivity contribution in [3.8, 4) is 0 Å². The molecule has 0 aliphatic carbocycles. The topological polar surface area (TPSA) is 67.3 Å². The molecular formula is C14H15NO3S. The molecule has 0 bridgehead atoms. The number of rotatable bonds is 5. The number of benzene rings is 1. The van der Waals surface area contributed by atoms with Crippen LogP contribution in [0.1, 0.15) is 29.0 Å². The van der Waals surface area contributed by atoms with Crippen molar-refractivity contribution in [2.24, 2.45) is 0 Å². The van der Waals surface area contributed by atoms with Crippen molar-refractivity contribution in [3.05, 3.63) is 28.3 Å². The molecule has 19 heavy (non-hydrogen) atoms. The Hall–Kier alpha value is -1.75. The smallest absolute Gasteiger partial charge is 0.303 e. The van der Waals surface area contributed by atoms with Crippen molar-refractivity contribution >= 4 is 33.3 Å². The zero-order valence-corrected chi connectivity index (χ0v) is 11.7. The molecule has 0 saturated heterocycles. The van der Waals surface area contributed by atoms with E-state index in [9.17, 15) is 9.59 Å². The van der Waals surface area contributed by atoms with Crippen molar-refractivity contribution in [1.29, 1.82) is 0 Å². The lowest BCUT2D eigenvalue weighted by Gasteiger charge is -1.97. The molecule has 4 nitrogen and oxygen atoms in total. The van der Waals surface area contributed by atoms with E-state index in [0.717, 1.165) is 15.2 Å². The van der Waals surface area contributed by atoms with E-state index in [-0.39, 0.29) is 25.0 Å². The van der Waals surface area contributed by atoms with E-state index < -0.39 is 5.97 Å². The fourth-order valence-electron chi connectivity index (χ4n) is 1.81. The molecule has 0 aliphatic rings. The molecule has 1 heterocycles. The van der Waals surface area contributed by atoms with E-state index in [1.807, 2.05) is 19.9 Å². The summed E-state index contributed by atoms with van der Waals surface area (Å²) in [5, 5.41) is 9.30. The summed E-state index contributed by atoms with van der Waals surface area (Å²) in [6.07, 6.45) is 0.190. The number of aromatic nitrogens is 1. The number of carboxylic acids is 1. The number of thiazole rings is 1. The molecule has 0 radical (unpaired) electrons. The van der Waals surface area contributed by atoms with Crippen molar-refractivity contribution in [3.63, 3.8) is 0 Å². The molecular weight excluding hydrogens is 262 g/mol. The number of Topliss-reactive ketones (excluding diaryl/α,β-unsaturated/α-hetero) is 1. The summed E-state index contributed by atoms with van der Waals surface area (Å²) >= 11 is 1.50. The van der Waals surface area contributed by atoms with E-state index in [1.165, 1.54) is 22.5 Å². The Morgan fingerprint density at radius 2 is 1.89 bits per heavy atom. The molecule has 0 atom stereocenters. The maximum absolute atomic E-state index is 11.6. The molecule has 1 N–H and O–H groups in total. The second-order valence-corrected chi connectivity index (χ2v) is 5.74. The summed E-state index contributed by atoms with van der Waals surface area (Å²) in [4.78, 5) is 26.5. The molecule has 2 aromatic rings. The highest BCUT2D eigenvalue weighted by atomic mass is 32.1. The van der Waals surface area contributed by atoms with Gasteiger partial charge in [0.2, 0.25) is 0 Å². The molecule has 2 rings (SSSR count). The zero-order chi connectivity index (χ0) is 14.0. The van der Waals surface area contributed by atoms with E-state index in [1.54, 1.807) is 0 Å². The number of carbonyl (C=O) groups is 2. The van der Waals surface area contributed by atoms with Crippen LogP contribution in [0.3, 0.4) is 0 Å². The third-order valence-corrected chi connectivity index (χ3v) is 4.03. The van der Waals surface area contributed by atoms with Crippen LogP contribution in [0, 0.1) is 13.8 Å². The first-order valence-corrected chi connectivity index (χ1v) is 6.87. The van der Waals surface area contributed by atoms with Crippen molar-refractivity contribution in [2.45, 2.75) is 33.1 Å². The third kappa shape index (κ3) is 3.38. The average Bonchev–Trinajstić information content (AvgIpc) is 2.68. The number of fused-ring (bicyclic) bond motifs is 1. The minimum absolute atomic E-state index is 0.0727. The van der Waals surface area contributed by atoms with Gasteiger partial charge in [-0.3, -0.25) is 9.59 Å². The van der Waals surface area contributed by atoms with Gasteiger partial charge in [-0.1, -0.05) is 0 Å². The Balaban J connectivity index is 2.13. The number of nitrogens with zero attached hydrogens (tertiary/aromatic N) is 1. The molecule has 5 heteroatoms. The lowest BCUT2D eigenvalue weighted by molar-refractivity contribution is -0.138. The number of ketones is 1. The highest BCUT2D eigenvalue weighted by Crippen LogP contribution is 2.25. The van der Waals surface area contributed by atoms with Gasteiger partial charge in [-0.25, -0.2) is 4.98 Å². The first-order valence-electron chi connectivity index (χ1n) is 6.06. The highest BCUT2D eigenvalue weighted by Gasteiger charge is 2.11. The Kier molecular flexibility index (Phi) is 3.95. The summed E-state index contributed by atoms with van der Waals surface area (Å²) in [5.74, 6) is -1.02. The van der Waals surface area contributed by atoms with Crippen LogP contribution in [0.5, 0.6) is 0 Å². The molecule has 0 spiro atoms. The lowest BCUT2D eigenvalue weighted by Crippen LogP contribution is -2.05. The first kappa shape index (κ1) is 13.7. The van der Waals surface area contributed by atoms with Gasteiger partial charge in [0.1, 0.15) is 10.8 Å². The highest BCUT2D eigenvalue weighted by molar-refractivity contribution is 7.18. The van der Waals surface area contributed by atoms with E-state index in [2.05, 4.69) is 11.1 Å². The Morgan fingerprint density at radius 1 is 1.21 bits per heavy atom. The van der Waals surface area contributed by atoms with Crippen molar-refractivity contribution in [2.75, 3.05) is 0 Å². The molecule has 0 saturated carbocycles. The maximum Gasteiger partial charge on any atom is 0.303 e. The fourth-order valence-corrected chi connectivity index (χ4v) is 2.88. The predicted octanol–water partition coefficient (Wildman–Crippen LogP) is 2.89. The molecule has 100 valence electrons. The van der Waals surface area contributed by atoms with Crippen molar-refractivity contribution < 1.29 is 14.7 Å². The summed E-state index contributed by atoms with van der Waals surface area (Å²) in [7, 11) is 0. The second kappa shape index (κ2) is 5.48. The average molecular weight is 277 g/mol. The number of hydrogen-bond donors (Lipinski definition) is 1. The van der Waals surface area contributed by atoms with Gasteiger partial charge in [0.25, 0.3) is 0 Å². The quantitative estimate of drug-likeness (QED) is 0.912. The Morgan fingerprint density at radius 3 is 2.58 bits per heavy atom. The SMILES string of the molecule is Cc1cc2nc(CC(=O)CCC(=O)O)sc2cc1C. The zero-order valence-electron chi connectivity index (χ0n) is 10.9. The molecule has 0 fully saturated rings. The van der Waals surface area contributed by atoms with Gasteiger partial charge < -0.3 is 5.11 Å². The number of carbonyl (C=O) groups excluding carboxylic acids is 1. The number of aryl methyl sites for hydroxylation is 2. The summed E-state index contributed by atoms with van der Waals surface area (Å²) in [5.41, 5.74) is 3.30. The lowest BCUT2D eigenvalue weighted by atomic mass is 10.1. The van der Waals surface area contributed by atoms with Crippen LogP contribution in [-0.2, 0) is 16.0 Å². The first-order chi connectivity index (χ1) is 8.95. The third-order valence-electron chi connectivity index (χ3n) is 3.01. The minimum atomic E-state index is -0.941. The van der Waals surface area contributed by atoms with Crippen LogP contribution in [0.2, 0.25) is 0 Å². The van der Waals surface area contributed by atoms with Crippen LogP contribution >= 0.6 is 11.3 Å². The van der Waals surface area contributed by atoms with Gasteiger partial charge in [-0.2, -0.15) is 0 Å². The van der Waals surface area contributed by atoms with Crippen LogP contribution in [0.4, 0.5) is 0 Å². The second-order valence-electron chi connectivity index (χ2n) is 4.62. The molecule has 0 unspecified atom stereocenters. The van der Waals surface area contributed by atoms with Gasteiger partial charge in [-0.15, -0.1) is 11.3 Å². The van der Waals surface area contributed by atoms with E-state index in [4.69, 9.17) is 5.11 Å². The van der Waals surface area contributed by atoms with Crippen LogP contribution in [0.15, 0.2) is 12.1 Å². The van der Waals surface area contributed by atoms with E-state index in [0.29, 0.717) is 0 Å². The minimum Gasteiger partial charge on any atom is -0.481 e. The fraction of sp³-hybridized carbons (Fsp3) is 0.357. The molecule has 1 aromatic heterocycles. The standard InChI is InChI=1S/C14H15NO3S/c1-8-5-11-12(6-9(8)2)19-13(15-11)7-10(16)3-4-14(17)18/h5-6H,3-4,7H2,1-2H3,(H,17,18). The van der Waals surface area contributed by atoms with Gasteiger partial charge in [0, 0.05) is 6.42 Å². The monoisotopic (exact) mass is 277 g/mol. The number of aliphatic carboxylic acids is 1. The van der Waals surface area contributed by atoms with Crippen LogP contribution in [0.25, 0.3) is 10.2 Å². The molecule has 0 aliphatic heterocycles. The normalized spacial score (nSPS) is 10.8. The van der Waals surface area contributed by atoms with Gasteiger partial charge >= 0.3 is 5.97 Å². The summed E-state index contributed by atoms with van der Waals surface area (Å²) in [6, 6.07) is 4.10. The van der Waals surface area contributed by atoms with Gasteiger partial charge in [0.05, 0.1) is 23.1 Å². The summed E-state index contributed by atoms with van der Waals surface area (Å²) < 4.78 is 1.07. The van der Waals surface area contributed by atoms with Crippen molar-refractivity contribution in [1.82, 2.24) is 4.98 Å². The largest absolute Gasteiger partial charge is 0.481 e. The number of hydrogen-bond acceptors (Lipinski definition) is 4. The molecule has 1 aromatic carbocycles. The molecule has 0 amide bonds. The maximum atomic E-state index is 11.6. The Bertz CT molecular complexity index is 606.